The van der Waals surface area contributed by atoms with E-state index >= 15 is 0 Å². The largest absolute Gasteiger partial charge is 0.391 e. The van der Waals surface area contributed by atoms with E-state index in [0.29, 0.717) is 86.7 Å². The summed E-state index contributed by atoms with van der Waals surface area (Å²) >= 11 is 6.39. The lowest BCUT2D eigenvalue weighted by atomic mass is 9.97. The lowest BCUT2D eigenvalue weighted by Crippen LogP contribution is -2.46. The second kappa shape index (κ2) is 17.1. The molecule has 0 spiro atoms. The number of nitrogens with zero attached hydrogens (tertiary/aromatic N) is 2. The number of unbranched alkanes of at least 4 members (excludes halogenated alkanes) is 1. The fourth-order valence-corrected chi connectivity index (χ4v) is 4.49. The molecule has 0 radical (unpaired) electrons. The number of amides is 1. The summed E-state index contributed by atoms with van der Waals surface area (Å²) in [7, 11) is 0. The predicted molar refractivity (Wildman–Crippen MR) is 152 cm³/mol. The molecule has 1 aliphatic heterocycles. The highest BCUT2D eigenvalue weighted by molar-refractivity contribution is 6.32. The van der Waals surface area contributed by atoms with E-state index in [2.05, 4.69) is 27.5 Å². The molecular weight excluding hydrogens is 538 g/mol. The first-order chi connectivity index (χ1) is 19.4. The third-order valence-electron chi connectivity index (χ3n) is 6.39. The average Bonchev–Trinajstić information content (AvgIpc) is 2.93. The Morgan fingerprint density at radius 1 is 1.25 bits per heavy atom. The third-order valence-corrected chi connectivity index (χ3v) is 6.70. The monoisotopic (exact) mass is 575 g/mol. The maximum atomic E-state index is 13.0. The Labute approximate surface area is 238 Å². The van der Waals surface area contributed by atoms with Gasteiger partial charge in [-0.2, -0.15) is 0 Å². The summed E-state index contributed by atoms with van der Waals surface area (Å²) in [6.07, 6.45) is 3.87. The molecular formula is C28H38ClN5O6. The van der Waals surface area contributed by atoms with Gasteiger partial charge in [-0.05, 0) is 37.9 Å². The second-order valence-electron chi connectivity index (χ2n) is 9.56. The van der Waals surface area contributed by atoms with Crippen LogP contribution in [0.5, 0.6) is 0 Å². The van der Waals surface area contributed by atoms with Gasteiger partial charge < -0.3 is 30.9 Å². The number of nitrogens with two attached hydrogens (primary N) is 1. The van der Waals surface area contributed by atoms with Gasteiger partial charge in [-0.15, -0.1) is 0 Å². The van der Waals surface area contributed by atoms with Gasteiger partial charge in [0.2, 0.25) is 5.91 Å². The number of aliphatic hydroxyl groups is 1. The number of nitrogens with one attached hydrogen (secondary N) is 2. The van der Waals surface area contributed by atoms with Gasteiger partial charge in [0.25, 0.3) is 5.56 Å². The van der Waals surface area contributed by atoms with Crippen molar-refractivity contribution in [2.24, 2.45) is 5.73 Å². The Kier molecular flexibility index (Phi) is 13.5. The summed E-state index contributed by atoms with van der Waals surface area (Å²) in [5, 5.41) is 16.6. The smallest absolute Gasteiger partial charge is 0.261 e. The Balaban J connectivity index is 1.45. The van der Waals surface area contributed by atoms with Gasteiger partial charge in [0.05, 0.1) is 61.3 Å². The van der Waals surface area contributed by atoms with Gasteiger partial charge in [0.1, 0.15) is 0 Å². The Morgan fingerprint density at radius 3 is 2.83 bits per heavy atom. The van der Waals surface area contributed by atoms with E-state index < -0.39 is 6.10 Å². The molecule has 1 saturated heterocycles. The van der Waals surface area contributed by atoms with Gasteiger partial charge in [-0.25, -0.2) is 4.98 Å². The number of carbonyl (C=O) groups excluding carboxylic acids is 2. The predicted octanol–water partition coefficient (Wildman–Crippen LogP) is 0.752. The molecule has 218 valence electrons. The van der Waals surface area contributed by atoms with Crippen molar-refractivity contribution in [3.05, 3.63) is 39.4 Å². The number of halogens is 1. The lowest BCUT2D eigenvalue weighted by molar-refractivity contribution is -0.122. The van der Waals surface area contributed by atoms with E-state index in [4.69, 9.17) is 26.8 Å². The number of fused-ring (bicyclic) bond motifs is 1. The minimum atomic E-state index is -0.567. The molecule has 0 bridgehead atoms. The van der Waals surface area contributed by atoms with Crippen molar-refractivity contribution in [2.75, 3.05) is 46.1 Å². The highest BCUT2D eigenvalue weighted by Gasteiger charge is 2.25. The Hall–Kier alpha value is -2.85. The van der Waals surface area contributed by atoms with Crippen LogP contribution in [0.25, 0.3) is 10.9 Å². The molecule has 2 aromatic rings. The maximum absolute atomic E-state index is 13.0. The Bertz CT molecular complexity index is 1260. The number of Topliss-reactive ketones (excluding diaryl/α,β-unsaturated/α-hetero) is 1. The molecule has 0 saturated carbocycles. The standard InChI is InChI=1S/C28H38ClN5O6/c29-23-17-22-24(33-19-34(28(22)38)18-21(35)16-25-26(36)6-4-9-31-25)15-20(23)5-2-1-3-7-27(37)32-10-12-40-14-13-39-11-8-30/h15,17,19,25-26,31,36H,1,3-4,6-14,16,18,30H2,(H,32,37). The van der Waals surface area contributed by atoms with Crippen LogP contribution >= 0.6 is 11.6 Å². The van der Waals surface area contributed by atoms with E-state index in [1.807, 2.05) is 0 Å². The van der Waals surface area contributed by atoms with Crippen molar-refractivity contribution in [3.63, 3.8) is 0 Å². The van der Waals surface area contributed by atoms with Crippen molar-refractivity contribution in [1.82, 2.24) is 20.2 Å². The molecule has 5 N–H and O–H groups in total. The van der Waals surface area contributed by atoms with E-state index in [9.17, 15) is 19.5 Å². The summed E-state index contributed by atoms with van der Waals surface area (Å²) in [4.78, 5) is 41.8. The maximum Gasteiger partial charge on any atom is 0.261 e. The molecule has 1 aromatic carbocycles. The summed E-state index contributed by atoms with van der Waals surface area (Å²) in [6.45, 7) is 3.39. The van der Waals surface area contributed by atoms with Crippen LogP contribution in [-0.4, -0.2) is 84.6 Å². The van der Waals surface area contributed by atoms with Crippen molar-refractivity contribution in [2.45, 2.75) is 57.2 Å². The summed E-state index contributed by atoms with van der Waals surface area (Å²) in [5.74, 6) is 5.77. The van der Waals surface area contributed by atoms with Crippen LogP contribution in [0.15, 0.2) is 23.3 Å². The van der Waals surface area contributed by atoms with Crippen LogP contribution in [0.2, 0.25) is 5.02 Å². The first-order valence-corrected chi connectivity index (χ1v) is 14.0. The zero-order valence-electron chi connectivity index (χ0n) is 22.6. The summed E-state index contributed by atoms with van der Waals surface area (Å²) in [5.41, 5.74) is 5.92. The molecule has 2 unspecified atom stereocenters. The normalized spacial score (nSPS) is 16.9. The number of ether oxygens (including phenoxy) is 2. The van der Waals surface area contributed by atoms with Gasteiger partial charge in [0.15, 0.2) is 5.78 Å². The van der Waals surface area contributed by atoms with Crippen molar-refractivity contribution in [1.29, 1.82) is 0 Å². The first kappa shape index (κ1) is 31.7. The number of hydrogen-bond donors (Lipinski definition) is 4. The van der Waals surface area contributed by atoms with Gasteiger partial charge in [0, 0.05) is 44.0 Å². The third kappa shape index (κ3) is 10.3. The van der Waals surface area contributed by atoms with Crippen LogP contribution in [0.4, 0.5) is 0 Å². The summed E-state index contributed by atoms with van der Waals surface area (Å²) < 4.78 is 11.8. The molecule has 11 nitrogen and oxygen atoms in total. The topological polar surface area (TPSA) is 158 Å². The number of hydrogen-bond acceptors (Lipinski definition) is 9. The van der Waals surface area contributed by atoms with Gasteiger partial charge in [-0.3, -0.25) is 19.0 Å². The van der Waals surface area contributed by atoms with Crippen molar-refractivity contribution in [3.8, 4) is 11.8 Å². The Morgan fingerprint density at radius 2 is 2.05 bits per heavy atom. The number of carbonyl (C=O) groups is 2. The van der Waals surface area contributed by atoms with Crippen molar-refractivity contribution < 1.29 is 24.2 Å². The molecule has 1 aromatic heterocycles. The van der Waals surface area contributed by atoms with E-state index in [1.165, 1.54) is 17.0 Å². The number of ketones is 1. The quantitative estimate of drug-likeness (QED) is 0.178. The fourth-order valence-electron chi connectivity index (χ4n) is 4.28. The lowest BCUT2D eigenvalue weighted by Gasteiger charge is -2.28. The fraction of sp³-hybridized carbons (Fsp3) is 0.571. The molecule has 40 heavy (non-hydrogen) atoms. The minimum absolute atomic E-state index is 0.0707. The van der Waals surface area contributed by atoms with Crippen LogP contribution in [0.1, 0.15) is 44.1 Å². The molecule has 1 aliphatic rings. The van der Waals surface area contributed by atoms with Crippen molar-refractivity contribution >= 4 is 34.2 Å². The van der Waals surface area contributed by atoms with Crippen LogP contribution in [0, 0.1) is 11.8 Å². The number of aromatic nitrogens is 2. The number of aliphatic hydroxyl groups excluding tert-OH is 1. The van der Waals surface area contributed by atoms with Gasteiger partial charge in [-0.1, -0.05) is 23.4 Å². The molecule has 1 amide bonds. The van der Waals surface area contributed by atoms with E-state index in [1.54, 1.807) is 6.07 Å². The van der Waals surface area contributed by atoms with Crippen LogP contribution in [0.3, 0.4) is 0 Å². The molecule has 2 heterocycles. The molecule has 12 heteroatoms. The molecule has 1 fully saturated rings. The number of benzene rings is 1. The van der Waals surface area contributed by atoms with Gasteiger partial charge >= 0.3 is 0 Å². The molecule has 2 atom stereocenters. The zero-order chi connectivity index (χ0) is 28.7. The SMILES string of the molecule is NCCOCCOCCNC(=O)CCCC#Cc1cc2ncn(CC(=O)CC3NCCCC3O)c(=O)c2cc1Cl. The second-order valence-corrected chi connectivity index (χ2v) is 9.97. The minimum Gasteiger partial charge on any atom is -0.391 e. The summed E-state index contributed by atoms with van der Waals surface area (Å²) in [6, 6.07) is 2.87. The number of piperidine rings is 1. The van der Waals surface area contributed by atoms with Crippen LogP contribution < -0.4 is 21.9 Å². The zero-order valence-corrected chi connectivity index (χ0v) is 23.4. The van der Waals surface area contributed by atoms with E-state index in [0.717, 1.165) is 13.0 Å². The molecule has 0 aliphatic carbocycles. The van der Waals surface area contributed by atoms with E-state index in [-0.39, 0.29) is 36.3 Å². The van der Waals surface area contributed by atoms with Crippen LogP contribution in [-0.2, 0) is 25.6 Å². The highest BCUT2D eigenvalue weighted by Crippen LogP contribution is 2.20. The average molecular weight is 576 g/mol. The number of rotatable bonds is 15. The highest BCUT2D eigenvalue weighted by atomic mass is 35.5. The molecule has 3 rings (SSSR count). The first-order valence-electron chi connectivity index (χ1n) is 13.6.